The van der Waals surface area contributed by atoms with E-state index in [1.165, 1.54) is 61.7 Å². The molecule has 15 rings (SSSR count). The van der Waals surface area contributed by atoms with Crippen molar-refractivity contribution in [2.75, 3.05) is 190 Å². The van der Waals surface area contributed by atoms with Crippen LogP contribution in [0.5, 0.6) is 11.5 Å². The van der Waals surface area contributed by atoms with Crippen molar-refractivity contribution in [2.45, 2.75) is 133 Å². The molecule has 6 saturated heterocycles. The van der Waals surface area contributed by atoms with Gasteiger partial charge in [-0.3, -0.25) is 69.0 Å². The number of halogens is 6. The van der Waals surface area contributed by atoms with E-state index in [2.05, 4.69) is 57.1 Å². The predicted octanol–water partition coefficient (Wildman–Crippen LogP) is 7.10. The van der Waals surface area contributed by atoms with Gasteiger partial charge in [0.1, 0.15) is 46.6 Å². The largest absolute Gasteiger partial charge is 0.495 e. The summed E-state index contributed by atoms with van der Waals surface area (Å²) in [5.41, 5.74) is 6.09. The third-order valence-corrected chi connectivity index (χ3v) is 25.2. The van der Waals surface area contributed by atoms with Gasteiger partial charge in [0, 0.05) is 172 Å². The molecule has 33 nitrogen and oxygen atoms in total. The van der Waals surface area contributed by atoms with Gasteiger partial charge in [-0.05, 0) is 156 Å². The van der Waals surface area contributed by atoms with Crippen molar-refractivity contribution in [1.29, 1.82) is 0 Å². The number of benzene rings is 4. The Morgan fingerprint density at radius 3 is 1.80 bits per heavy atom. The summed E-state index contributed by atoms with van der Waals surface area (Å²) in [5, 5.41) is 18.9. The lowest BCUT2D eigenvalue weighted by Crippen LogP contribution is -2.51. The van der Waals surface area contributed by atoms with Crippen molar-refractivity contribution < 1.29 is 79.0 Å². The van der Waals surface area contributed by atoms with Gasteiger partial charge in [-0.25, -0.2) is 23.8 Å². The van der Waals surface area contributed by atoms with E-state index in [4.69, 9.17) is 19.4 Å². The summed E-state index contributed by atoms with van der Waals surface area (Å²) in [6.07, 6.45) is 7.22. The lowest BCUT2D eigenvalue weighted by Gasteiger charge is -2.39. The molecule has 2 aromatic heterocycles. The Labute approximate surface area is 713 Å². The predicted molar refractivity (Wildman–Crippen MR) is 451 cm³/mol. The Kier molecular flexibility index (Phi) is 25.9. The topological polar surface area (TPSA) is 344 Å². The van der Waals surface area contributed by atoms with E-state index in [0.717, 1.165) is 42.3 Å². The second kappa shape index (κ2) is 36.9. The maximum atomic E-state index is 16.5. The van der Waals surface area contributed by atoms with Crippen LogP contribution in [0.3, 0.4) is 0 Å². The molecule has 6 aromatic rings. The van der Waals surface area contributed by atoms with Crippen LogP contribution in [0.25, 0.3) is 0 Å². The second-order valence-electron chi connectivity index (χ2n) is 33.7. The van der Waals surface area contributed by atoms with Gasteiger partial charge in [-0.2, -0.15) is 27.5 Å². The minimum absolute atomic E-state index is 0.00519. The number of rotatable bonds is 25. The van der Waals surface area contributed by atoms with Gasteiger partial charge >= 0.3 is 11.8 Å². The average molecular weight is 1720 g/mol. The molecule has 7 fully saturated rings. The van der Waals surface area contributed by atoms with E-state index in [-0.39, 0.29) is 132 Å². The fourth-order valence-electron chi connectivity index (χ4n) is 18.1. The number of ether oxygens (including phenoxy) is 2. The van der Waals surface area contributed by atoms with Crippen LogP contribution in [0.4, 0.5) is 95.4 Å². The number of anilines is 12. The van der Waals surface area contributed by atoms with Crippen molar-refractivity contribution >= 4 is 122 Å². The van der Waals surface area contributed by atoms with Crippen molar-refractivity contribution in [2.24, 2.45) is 11.8 Å². The van der Waals surface area contributed by atoms with Crippen LogP contribution in [0, 0.1) is 23.5 Å². The van der Waals surface area contributed by atoms with E-state index in [1.807, 2.05) is 14.8 Å². The summed E-state index contributed by atoms with van der Waals surface area (Å²) < 4.78 is 108. The van der Waals surface area contributed by atoms with Gasteiger partial charge < -0.3 is 69.9 Å². The molecule has 662 valence electrons. The number of hydrogen-bond donors (Lipinski definition) is 7. The third kappa shape index (κ3) is 19.4. The smallest absolute Gasteiger partial charge is 0.342 e. The molecule has 0 bridgehead atoms. The normalized spacial score (nSPS) is 21.9. The quantitative estimate of drug-likeness (QED) is 0.0222. The van der Waals surface area contributed by atoms with Gasteiger partial charge in [-0.15, -0.1) is 0 Å². The van der Waals surface area contributed by atoms with Crippen molar-refractivity contribution in [3.63, 3.8) is 0 Å². The standard InChI is InChI=1S/C85H104F6N22O11/c1-50(2)112-48-85(90,91)81(122)111(68-45-93-83(101-75(68)112)97-62-14-9-54(41-70(62)124-6)77(118)102-110-29-21-51(22-30-110)46-106-33-37-108(38-34-106)64-16-10-56(42-59(64)86)94-63-15-19-71(114)98-78(63)119)47-52-7-11-58(39-52)113-49-84(88,89)80(121)104(4)67-44-92-82(100-74(67)113)96-61-13-8-53(40-69(61)123-5)76(117)95-55-23-27-109(28-24-55)73(116)25-26-105-31-35-107(36-32-105)65-17-12-57(43-60(65)87)103(3)66-18-20-72(115)99-79(66)120/h8-10,12-14,16-17,40-45,50-52,55,58,63,66,94H,7,11,15,18-39,46-49H2,1-6H3,(H,95,117)(H,102,118)(H,92,96,100)(H,93,97,101)(H,98,114,119)(H,99,115,120). The number of fused-ring (bicyclic) bond motifs is 2. The zero-order valence-corrected chi connectivity index (χ0v) is 70.1. The van der Waals surface area contributed by atoms with Gasteiger partial charge in [0.15, 0.2) is 11.6 Å². The van der Waals surface area contributed by atoms with Crippen LogP contribution in [0.15, 0.2) is 85.2 Å². The Morgan fingerprint density at radius 1 is 0.597 bits per heavy atom. The van der Waals surface area contributed by atoms with Crippen LogP contribution >= 0.6 is 0 Å². The molecule has 124 heavy (non-hydrogen) atoms. The number of piperidine rings is 4. The van der Waals surface area contributed by atoms with Crippen molar-refractivity contribution in [3.05, 3.63) is 108 Å². The van der Waals surface area contributed by atoms with E-state index in [9.17, 15) is 43.2 Å². The number of aromatic nitrogens is 4. The summed E-state index contributed by atoms with van der Waals surface area (Å²) >= 11 is 0. The van der Waals surface area contributed by atoms with Gasteiger partial charge in [0.2, 0.25) is 41.4 Å². The molecule has 10 heterocycles. The summed E-state index contributed by atoms with van der Waals surface area (Å²) in [6, 6.07) is 16.3. The number of carbonyl (C=O) groups excluding carboxylic acids is 9. The molecule has 0 radical (unpaired) electrons. The highest BCUT2D eigenvalue weighted by Crippen LogP contribution is 2.45. The summed E-state index contributed by atoms with van der Waals surface area (Å²) in [4.78, 5) is 152. The van der Waals surface area contributed by atoms with Crippen LogP contribution < -0.4 is 81.1 Å². The number of hydrazine groups is 1. The number of carbonyl (C=O) groups is 9. The molecule has 9 amide bonds. The molecular formula is C85H104F6N22O11. The zero-order valence-electron chi connectivity index (χ0n) is 70.1. The Hall–Kier alpha value is -11.9. The number of imide groups is 2. The first-order valence-corrected chi connectivity index (χ1v) is 42.3. The summed E-state index contributed by atoms with van der Waals surface area (Å²) in [6.45, 7) is 9.53. The van der Waals surface area contributed by atoms with Crippen molar-refractivity contribution in [1.82, 2.24) is 61.0 Å². The van der Waals surface area contributed by atoms with E-state index in [0.29, 0.717) is 144 Å². The number of amides is 9. The maximum absolute atomic E-state index is 16.5. The molecule has 1 aliphatic carbocycles. The highest BCUT2D eigenvalue weighted by Gasteiger charge is 2.53. The number of alkyl halides is 4. The van der Waals surface area contributed by atoms with Gasteiger partial charge in [0.05, 0.1) is 62.5 Å². The Balaban J connectivity index is 0.531. The molecular weight excluding hydrogens is 1620 g/mol. The highest BCUT2D eigenvalue weighted by molar-refractivity contribution is 6.05. The molecule has 39 heteroatoms. The van der Waals surface area contributed by atoms with Crippen LogP contribution in [-0.4, -0.2) is 274 Å². The number of likely N-dealkylation sites (tertiary alicyclic amines) is 1. The average Bonchev–Trinajstić information content (AvgIpc) is 1.61. The lowest BCUT2D eigenvalue weighted by atomic mass is 9.96. The first kappa shape index (κ1) is 87.0. The maximum Gasteiger partial charge on any atom is 0.342 e. The third-order valence-electron chi connectivity index (χ3n) is 25.2. The summed E-state index contributed by atoms with van der Waals surface area (Å²) in [7, 11) is 5.72. The molecule has 8 aliphatic heterocycles. The molecule has 1 saturated carbocycles. The number of hydrogen-bond acceptors (Lipinski definition) is 26. The first-order valence-electron chi connectivity index (χ1n) is 42.3. The monoisotopic (exact) mass is 1720 g/mol. The Morgan fingerprint density at radius 2 is 1.19 bits per heavy atom. The number of nitrogens with zero attached hydrogens (tertiary/aromatic N) is 15. The van der Waals surface area contributed by atoms with E-state index in [1.54, 1.807) is 85.3 Å². The second-order valence-corrected chi connectivity index (χ2v) is 33.7. The van der Waals surface area contributed by atoms with Gasteiger partial charge in [-0.1, -0.05) is 0 Å². The number of likely N-dealkylation sites (N-methyl/N-ethyl adjacent to an activating group) is 1. The van der Waals surface area contributed by atoms with Crippen LogP contribution in [0.1, 0.15) is 112 Å². The SMILES string of the molecule is COc1cc(C(=O)NN2CCC(CN3CCN(c4ccc(NC5CCC(=O)NC5=O)cc4F)CC3)CC2)ccc1Nc1ncc2c(n1)N(C(C)C)CC(F)(F)C(=O)N2CC1CCC(N2CC(F)(F)C(=O)N(C)c3cnc(Nc4ccc(C(=O)NC5CCN(C(=O)CCN6CCN(c7ccc(N(C)C8CCC(=O)NC8=O)cc7F)CC6)CC5)cc4OC)nc32)C1. The number of piperazine rings is 2. The van der Waals surface area contributed by atoms with E-state index < -0.39 is 90.3 Å². The molecule has 4 aromatic carbocycles. The van der Waals surface area contributed by atoms with Gasteiger partial charge in [0.25, 0.3) is 23.6 Å². The molecule has 9 aliphatic rings. The molecule has 4 atom stereocenters. The van der Waals surface area contributed by atoms with Crippen LogP contribution in [-0.2, 0) is 33.6 Å². The fourth-order valence-corrected chi connectivity index (χ4v) is 18.1. The zero-order chi connectivity index (χ0) is 87.6. The number of nitrogens with one attached hydrogen (secondary N) is 7. The van der Waals surface area contributed by atoms with E-state index >= 15 is 26.3 Å². The van der Waals surface area contributed by atoms with Crippen LogP contribution in [0.2, 0.25) is 0 Å². The molecule has 0 spiro atoms. The van der Waals surface area contributed by atoms with Crippen molar-refractivity contribution in [3.8, 4) is 11.5 Å². The minimum Gasteiger partial charge on any atom is -0.495 e. The first-order chi connectivity index (χ1) is 59.4. The lowest BCUT2D eigenvalue weighted by molar-refractivity contribution is -0.141. The minimum atomic E-state index is -3.93. The molecule has 4 unspecified atom stereocenters. The summed E-state index contributed by atoms with van der Waals surface area (Å²) in [5.74, 6) is -13.8. The molecule has 7 N–H and O–H groups in total. The number of methoxy groups -OCH3 is 2. The fraction of sp³-hybridized carbons (Fsp3) is 0.518. The highest BCUT2D eigenvalue weighted by atomic mass is 19.3. The Bertz CT molecular complexity index is 5040.